The molecule has 0 aliphatic heterocycles. The second-order valence-electron chi connectivity index (χ2n) is 16.0. The lowest BCUT2D eigenvalue weighted by Crippen LogP contribution is -2.56. The van der Waals surface area contributed by atoms with Crippen molar-refractivity contribution in [1.29, 1.82) is 5.26 Å². The summed E-state index contributed by atoms with van der Waals surface area (Å²) in [5, 5.41) is 13.1. The number of hydrogen-bond acceptors (Lipinski definition) is 5. The van der Waals surface area contributed by atoms with Crippen LogP contribution in [0.25, 0.3) is 0 Å². The number of nitrogens with zero attached hydrogens (tertiary/aromatic N) is 1. The number of hydrogen-bond donors (Lipinski definition) is 1. The van der Waals surface area contributed by atoms with Crippen LogP contribution in [0, 0.1) is 44.3 Å². The van der Waals surface area contributed by atoms with E-state index in [1.54, 1.807) is 19.1 Å². The average Bonchev–Trinajstić information content (AvgIpc) is 2.89. The fourth-order valence-corrected chi connectivity index (χ4v) is 8.06. The molecular formula is C37H58N2O4. The molecule has 4 atom stereocenters. The van der Waals surface area contributed by atoms with Crippen molar-refractivity contribution in [1.82, 2.24) is 5.32 Å². The van der Waals surface area contributed by atoms with Gasteiger partial charge in [0.1, 0.15) is 12.7 Å². The summed E-state index contributed by atoms with van der Waals surface area (Å²) < 4.78 is 5.34. The molecule has 1 N–H and O–H groups in total. The van der Waals surface area contributed by atoms with Crippen LogP contribution in [-0.4, -0.2) is 29.8 Å². The van der Waals surface area contributed by atoms with Gasteiger partial charge < -0.3 is 10.1 Å². The van der Waals surface area contributed by atoms with Gasteiger partial charge in [0.05, 0.1) is 5.57 Å². The average molecular weight is 595 g/mol. The molecule has 2 aliphatic carbocycles. The number of fused-ring (bicyclic) bond motifs is 1. The van der Waals surface area contributed by atoms with E-state index in [4.69, 9.17) is 4.74 Å². The Morgan fingerprint density at radius 1 is 1.09 bits per heavy atom. The van der Waals surface area contributed by atoms with Crippen molar-refractivity contribution in [2.45, 2.75) is 133 Å². The number of carbonyl (C=O) groups excluding carboxylic acids is 3. The molecule has 43 heavy (non-hydrogen) atoms. The van der Waals surface area contributed by atoms with Crippen LogP contribution >= 0.6 is 0 Å². The van der Waals surface area contributed by atoms with Crippen LogP contribution in [0.2, 0.25) is 0 Å². The molecular weight excluding hydrogens is 536 g/mol. The number of nitriles is 1. The van der Waals surface area contributed by atoms with Gasteiger partial charge in [-0.15, -0.1) is 0 Å². The number of amides is 1. The molecule has 0 heterocycles. The van der Waals surface area contributed by atoms with E-state index in [1.807, 2.05) is 19.9 Å². The topological polar surface area (TPSA) is 96.3 Å². The first-order valence-corrected chi connectivity index (χ1v) is 16.1. The van der Waals surface area contributed by atoms with Crippen molar-refractivity contribution in [3.63, 3.8) is 0 Å². The van der Waals surface area contributed by atoms with E-state index in [1.165, 1.54) is 0 Å². The number of alkyl carbamates (subject to hydrolysis) is 1. The van der Waals surface area contributed by atoms with Gasteiger partial charge in [-0.25, -0.2) is 4.79 Å². The van der Waals surface area contributed by atoms with E-state index in [9.17, 15) is 19.6 Å². The van der Waals surface area contributed by atoms with E-state index < -0.39 is 22.5 Å². The highest BCUT2D eigenvalue weighted by molar-refractivity contribution is 6.04. The third kappa shape index (κ3) is 7.70. The van der Waals surface area contributed by atoms with Gasteiger partial charge >= 0.3 is 6.09 Å². The summed E-state index contributed by atoms with van der Waals surface area (Å²) in [6.07, 6.45) is 11.9. The summed E-state index contributed by atoms with van der Waals surface area (Å²) >= 11 is 0. The highest BCUT2D eigenvalue weighted by Crippen LogP contribution is 2.67. The second kappa shape index (κ2) is 13.1. The second-order valence-corrected chi connectivity index (χ2v) is 16.0. The summed E-state index contributed by atoms with van der Waals surface area (Å²) in [4.78, 5) is 38.8. The van der Waals surface area contributed by atoms with E-state index in [0.717, 1.165) is 56.9 Å². The molecule has 1 fully saturated rings. The molecule has 0 aromatic heterocycles. The first kappa shape index (κ1) is 36.5. The van der Waals surface area contributed by atoms with Crippen molar-refractivity contribution in [2.24, 2.45) is 33.0 Å². The number of carbonyl (C=O) groups is 3. The molecule has 6 nitrogen and oxygen atoms in total. The molecule has 2 rings (SSSR count). The fraction of sp³-hybridized carbons (Fsp3) is 0.730. The van der Waals surface area contributed by atoms with E-state index >= 15 is 0 Å². The summed E-state index contributed by atoms with van der Waals surface area (Å²) in [6, 6.07) is 2.16. The van der Waals surface area contributed by atoms with Gasteiger partial charge in [-0.3, -0.25) is 9.59 Å². The first-order valence-electron chi connectivity index (χ1n) is 16.1. The minimum absolute atomic E-state index is 0.0218. The molecule has 0 bridgehead atoms. The normalized spacial score (nSPS) is 27.8. The minimum Gasteiger partial charge on any atom is -0.445 e. The highest BCUT2D eigenvalue weighted by atomic mass is 16.5. The van der Waals surface area contributed by atoms with Crippen LogP contribution in [0.3, 0.4) is 0 Å². The van der Waals surface area contributed by atoms with E-state index in [-0.39, 0.29) is 45.9 Å². The Kier molecular flexibility index (Phi) is 11.1. The van der Waals surface area contributed by atoms with Crippen molar-refractivity contribution in [3.05, 3.63) is 36.0 Å². The summed E-state index contributed by atoms with van der Waals surface area (Å²) in [5.74, 6) is -0.166. The zero-order valence-corrected chi connectivity index (χ0v) is 29.0. The van der Waals surface area contributed by atoms with Crippen LogP contribution in [-0.2, 0) is 14.3 Å². The third-order valence-corrected chi connectivity index (χ3v) is 11.3. The maximum absolute atomic E-state index is 13.3. The molecule has 1 saturated carbocycles. The lowest BCUT2D eigenvalue weighted by Gasteiger charge is -2.61. The molecule has 0 unspecified atom stereocenters. The molecule has 0 spiro atoms. The minimum atomic E-state index is -0.713. The van der Waals surface area contributed by atoms with Crippen LogP contribution in [0.4, 0.5) is 4.79 Å². The zero-order chi connectivity index (χ0) is 33.1. The molecule has 0 radical (unpaired) electrons. The maximum Gasteiger partial charge on any atom is 0.407 e. The van der Waals surface area contributed by atoms with Gasteiger partial charge in [0.2, 0.25) is 0 Å². The highest BCUT2D eigenvalue weighted by Gasteiger charge is 2.61. The van der Waals surface area contributed by atoms with Crippen LogP contribution in [0.5, 0.6) is 0 Å². The largest absolute Gasteiger partial charge is 0.445 e. The summed E-state index contributed by atoms with van der Waals surface area (Å²) in [7, 11) is 0. The Bertz CT molecular complexity index is 1200. The zero-order valence-electron chi connectivity index (χ0n) is 29.0. The summed E-state index contributed by atoms with van der Waals surface area (Å²) in [6.45, 7) is 27.1. The number of ether oxygens (including phenoxy) is 1. The van der Waals surface area contributed by atoms with E-state index in [2.05, 4.69) is 73.4 Å². The predicted octanol–water partition coefficient (Wildman–Crippen LogP) is 9.07. The van der Waals surface area contributed by atoms with Crippen molar-refractivity contribution >= 4 is 17.7 Å². The van der Waals surface area contributed by atoms with Crippen molar-refractivity contribution in [3.8, 4) is 6.07 Å². The van der Waals surface area contributed by atoms with Crippen molar-refractivity contribution in [2.75, 3.05) is 6.61 Å². The number of ketones is 2. The van der Waals surface area contributed by atoms with Gasteiger partial charge in [0.25, 0.3) is 0 Å². The Morgan fingerprint density at radius 3 is 2.23 bits per heavy atom. The number of Topliss-reactive ketones (excluding diaryl/α,β-unsaturated/α-hetero) is 1. The Labute approximate surface area is 261 Å². The molecule has 1 amide bonds. The number of nitrogens with one attached hydrogen (secondary N) is 1. The lowest BCUT2D eigenvalue weighted by molar-refractivity contribution is -0.131. The summed E-state index contributed by atoms with van der Waals surface area (Å²) in [5.41, 5.74) is -1.13. The number of rotatable bonds is 13. The molecule has 240 valence electrons. The number of allylic oxidation sites excluding steroid dienone is 4. The molecule has 6 heteroatoms. The first-order chi connectivity index (χ1) is 19.6. The SMILES string of the molecule is C=CCOC(=O)N[C@@](C)(CCC(C)(C)CCC)CCC(C)(C)[C@]1(C)CC[C@H]2C(C)(C)C(=O)C(C#N)=C[C@]2(C)/C1=C/C(C)=O. The van der Waals surface area contributed by atoms with Gasteiger partial charge in [0.15, 0.2) is 11.6 Å². The van der Waals surface area contributed by atoms with Crippen molar-refractivity contribution < 1.29 is 19.1 Å². The monoisotopic (exact) mass is 594 g/mol. The maximum atomic E-state index is 13.3. The Balaban J connectivity index is 2.53. The molecule has 0 saturated heterocycles. The fourth-order valence-electron chi connectivity index (χ4n) is 8.06. The standard InChI is InChI=1S/C37H58N2O4/c1-13-16-32(4,5)18-20-35(10,39-31(42)43-22-14-2)21-19-33(6,7)37(12)17-15-28-34(8,9)30(41)27(25-38)24-36(28,11)29(37)23-26(3)40/h14,23-24,28H,2,13,15-22H2,1,3-12H3,(H,39,42)/b29-23-/t28-,35-,36-,37+/m0/s1. The molecule has 0 aromatic carbocycles. The van der Waals surface area contributed by atoms with Crippen LogP contribution in [0.15, 0.2) is 36.0 Å². The van der Waals surface area contributed by atoms with Gasteiger partial charge in [-0.05, 0) is 87.0 Å². The van der Waals surface area contributed by atoms with Gasteiger partial charge in [-0.1, -0.05) is 93.0 Å². The Hall–Kier alpha value is -2.68. The van der Waals surface area contributed by atoms with Crippen LogP contribution in [0.1, 0.15) is 128 Å². The molecule has 2 aliphatic rings. The lowest BCUT2D eigenvalue weighted by atomic mass is 9.42. The van der Waals surface area contributed by atoms with Gasteiger partial charge in [-0.2, -0.15) is 5.26 Å². The smallest absolute Gasteiger partial charge is 0.407 e. The van der Waals surface area contributed by atoms with E-state index in [0.29, 0.717) is 0 Å². The predicted molar refractivity (Wildman–Crippen MR) is 174 cm³/mol. The Morgan fingerprint density at radius 2 is 1.70 bits per heavy atom. The van der Waals surface area contributed by atoms with Gasteiger partial charge in [0, 0.05) is 16.4 Å². The molecule has 0 aromatic rings. The van der Waals surface area contributed by atoms with Crippen LogP contribution < -0.4 is 5.32 Å². The quantitative estimate of drug-likeness (QED) is 0.169. The third-order valence-electron chi connectivity index (χ3n) is 11.3.